The summed E-state index contributed by atoms with van der Waals surface area (Å²) >= 11 is 1.72. The normalized spacial score (nSPS) is 11.0. The van der Waals surface area contributed by atoms with Gasteiger partial charge in [0.1, 0.15) is 5.75 Å². The van der Waals surface area contributed by atoms with Crippen molar-refractivity contribution >= 4 is 28.6 Å². The third-order valence-electron chi connectivity index (χ3n) is 4.49. The molecular formula is C20H21NO3S. The van der Waals surface area contributed by atoms with Crippen LogP contribution < -0.4 is 4.74 Å². The molecule has 2 aromatic carbocycles. The highest BCUT2D eigenvalue weighted by atomic mass is 32.2. The molecule has 0 bridgehead atoms. The van der Waals surface area contributed by atoms with Crippen LogP contribution in [0.3, 0.4) is 0 Å². The number of ether oxygens (including phenoxy) is 1. The van der Waals surface area contributed by atoms with E-state index in [0.717, 1.165) is 27.9 Å². The maximum absolute atomic E-state index is 11.3. The van der Waals surface area contributed by atoms with Gasteiger partial charge < -0.3 is 14.4 Å². The molecular weight excluding hydrogens is 334 g/mol. The molecule has 0 saturated heterocycles. The highest BCUT2D eigenvalue weighted by Gasteiger charge is 2.17. The summed E-state index contributed by atoms with van der Waals surface area (Å²) in [5.41, 5.74) is 4.06. The van der Waals surface area contributed by atoms with Crippen LogP contribution in [0.1, 0.15) is 16.8 Å². The van der Waals surface area contributed by atoms with Crippen LogP contribution in [0.15, 0.2) is 47.4 Å². The number of benzene rings is 2. The number of fused-ring (bicyclic) bond motifs is 1. The first-order valence-electron chi connectivity index (χ1n) is 8.04. The summed E-state index contributed by atoms with van der Waals surface area (Å²) in [6.45, 7) is 2.70. The van der Waals surface area contributed by atoms with Gasteiger partial charge in [0.25, 0.3) is 0 Å². The minimum atomic E-state index is -0.825. The summed E-state index contributed by atoms with van der Waals surface area (Å²) in [5, 5.41) is 10.2. The number of hydrogen-bond acceptors (Lipinski definition) is 3. The van der Waals surface area contributed by atoms with E-state index in [2.05, 4.69) is 35.1 Å². The first-order chi connectivity index (χ1) is 12.0. The second-order valence-corrected chi connectivity index (χ2v) is 6.83. The number of carboxylic acid groups (broad SMARTS) is 1. The molecule has 1 aromatic heterocycles. The van der Waals surface area contributed by atoms with Crippen LogP contribution in [0.2, 0.25) is 0 Å². The largest absolute Gasteiger partial charge is 0.497 e. The predicted octanol–water partition coefficient (Wildman–Crippen LogP) is 4.36. The average molecular weight is 355 g/mol. The Balaban J connectivity index is 2.09. The van der Waals surface area contributed by atoms with Crippen molar-refractivity contribution < 1.29 is 14.6 Å². The van der Waals surface area contributed by atoms with Gasteiger partial charge in [-0.05, 0) is 54.6 Å². The zero-order valence-corrected chi connectivity index (χ0v) is 15.4. The molecule has 0 spiro atoms. The molecule has 0 aliphatic rings. The van der Waals surface area contributed by atoms with Crippen LogP contribution in [-0.2, 0) is 17.8 Å². The fourth-order valence-electron chi connectivity index (χ4n) is 3.15. The molecule has 0 aliphatic heterocycles. The number of aliphatic carboxylic acids is 1. The number of hydrogen-bond donors (Lipinski definition) is 1. The summed E-state index contributed by atoms with van der Waals surface area (Å²) in [6, 6.07) is 14.3. The van der Waals surface area contributed by atoms with E-state index in [9.17, 15) is 9.90 Å². The Morgan fingerprint density at radius 2 is 1.92 bits per heavy atom. The van der Waals surface area contributed by atoms with Crippen LogP contribution in [0.5, 0.6) is 5.75 Å². The van der Waals surface area contributed by atoms with E-state index in [1.54, 1.807) is 18.9 Å². The molecule has 3 aromatic rings. The van der Waals surface area contributed by atoms with E-state index in [1.807, 2.05) is 25.1 Å². The van der Waals surface area contributed by atoms with E-state index in [1.165, 1.54) is 10.5 Å². The van der Waals surface area contributed by atoms with Crippen LogP contribution >= 0.6 is 11.8 Å². The van der Waals surface area contributed by atoms with Gasteiger partial charge in [-0.15, -0.1) is 11.8 Å². The quantitative estimate of drug-likeness (QED) is 0.668. The molecule has 0 unspecified atom stereocenters. The van der Waals surface area contributed by atoms with Gasteiger partial charge in [-0.2, -0.15) is 0 Å². The molecule has 1 heterocycles. The molecule has 0 radical (unpaired) electrons. The topological polar surface area (TPSA) is 51.5 Å². The lowest BCUT2D eigenvalue weighted by molar-refractivity contribution is -0.136. The second-order valence-electron chi connectivity index (χ2n) is 5.95. The summed E-state index contributed by atoms with van der Waals surface area (Å²) in [6.07, 6.45) is 2.07. The molecule has 25 heavy (non-hydrogen) atoms. The van der Waals surface area contributed by atoms with Crippen molar-refractivity contribution in [1.29, 1.82) is 0 Å². The Hall–Kier alpha value is -2.40. The summed E-state index contributed by atoms with van der Waals surface area (Å²) in [7, 11) is 1.62. The van der Waals surface area contributed by atoms with E-state index < -0.39 is 5.97 Å². The maximum Gasteiger partial charge on any atom is 0.307 e. The molecule has 3 rings (SSSR count). The van der Waals surface area contributed by atoms with Crippen LogP contribution in [0.4, 0.5) is 0 Å². The lowest BCUT2D eigenvalue weighted by Crippen LogP contribution is -2.05. The smallest absolute Gasteiger partial charge is 0.307 e. The second kappa shape index (κ2) is 7.23. The number of aromatic nitrogens is 1. The van der Waals surface area contributed by atoms with Gasteiger partial charge in [-0.1, -0.05) is 12.1 Å². The van der Waals surface area contributed by atoms with E-state index >= 15 is 0 Å². The van der Waals surface area contributed by atoms with Gasteiger partial charge in [0.2, 0.25) is 0 Å². The van der Waals surface area contributed by atoms with Gasteiger partial charge in [0.05, 0.1) is 13.5 Å². The van der Waals surface area contributed by atoms with Crippen molar-refractivity contribution in [2.24, 2.45) is 0 Å². The third-order valence-corrected chi connectivity index (χ3v) is 5.23. The Morgan fingerprint density at radius 1 is 1.20 bits per heavy atom. The van der Waals surface area contributed by atoms with E-state index in [-0.39, 0.29) is 6.42 Å². The average Bonchev–Trinajstić information content (AvgIpc) is 2.87. The van der Waals surface area contributed by atoms with Gasteiger partial charge in [0, 0.05) is 28.0 Å². The fraction of sp³-hybridized carbons (Fsp3) is 0.250. The van der Waals surface area contributed by atoms with Crippen molar-refractivity contribution in [3.8, 4) is 5.75 Å². The third kappa shape index (κ3) is 3.51. The number of nitrogens with zero attached hydrogens (tertiary/aromatic N) is 1. The molecule has 0 fully saturated rings. The summed E-state index contributed by atoms with van der Waals surface area (Å²) in [4.78, 5) is 12.5. The number of carbonyl (C=O) groups is 1. The number of thioether (sulfide) groups is 1. The van der Waals surface area contributed by atoms with E-state index in [4.69, 9.17) is 4.74 Å². The minimum Gasteiger partial charge on any atom is -0.497 e. The summed E-state index contributed by atoms with van der Waals surface area (Å²) < 4.78 is 7.50. The Labute approximate surface area is 151 Å². The summed E-state index contributed by atoms with van der Waals surface area (Å²) in [5.74, 6) is -0.0881. The van der Waals surface area contributed by atoms with Gasteiger partial charge >= 0.3 is 5.97 Å². The van der Waals surface area contributed by atoms with Gasteiger partial charge in [0.15, 0.2) is 0 Å². The standard InChI is InChI=1S/C20H21NO3S/c1-13-17(11-20(22)23)18-10-15(24-2)6-9-19(18)21(13)12-14-4-7-16(25-3)8-5-14/h4-10H,11-12H2,1-3H3,(H,22,23). The van der Waals surface area contributed by atoms with Gasteiger partial charge in [-0.3, -0.25) is 4.79 Å². The van der Waals surface area contributed by atoms with Crippen molar-refractivity contribution in [1.82, 2.24) is 4.57 Å². The van der Waals surface area contributed by atoms with Crippen LogP contribution in [0, 0.1) is 6.92 Å². The van der Waals surface area contributed by atoms with Gasteiger partial charge in [-0.25, -0.2) is 0 Å². The Bertz CT molecular complexity index is 913. The lowest BCUT2D eigenvalue weighted by atomic mass is 10.1. The monoisotopic (exact) mass is 355 g/mol. The van der Waals surface area contributed by atoms with Crippen LogP contribution in [-0.4, -0.2) is 29.0 Å². The van der Waals surface area contributed by atoms with Crippen molar-refractivity contribution in [2.45, 2.75) is 24.8 Å². The van der Waals surface area contributed by atoms with Crippen molar-refractivity contribution in [2.75, 3.05) is 13.4 Å². The Morgan fingerprint density at radius 3 is 2.52 bits per heavy atom. The Kier molecular flexibility index (Phi) is 5.04. The van der Waals surface area contributed by atoms with E-state index in [0.29, 0.717) is 6.54 Å². The SMILES string of the molecule is COc1ccc2c(c1)c(CC(=O)O)c(C)n2Cc1ccc(SC)cc1. The number of methoxy groups -OCH3 is 1. The highest BCUT2D eigenvalue weighted by Crippen LogP contribution is 2.30. The molecule has 0 aliphatic carbocycles. The fourth-order valence-corrected chi connectivity index (χ4v) is 3.56. The number of rotatable bonds is 6. The zero-order valence-electron chi connectivity index (χ0n) is 14.6. The zero-order chi connectivity index (χ0) is 18.0. The van der Waals surface area contributed by atoms with Crippen LogP contribution in [0.25, 0.3) is 10.9 Å². The minimum absolute atomic E-state index is 0.00785. The molecule has 1 N–H and O–H groups in total. The van der Waals surface area contributed by atoms with Crippen molar-refractivity contribution in [3.05, 3.63) is 59.3 Å². The molecule has 0 amide bonds. The molecule has 4 nitrogen and oxygen atoms in total. The first-order valence-corrected chi connectivity index (χ1v) is 9.26. The maximum atomic E-state index is 11.3. The molecule has 0 saturated carbocycles. The predicted molar refractivity (Wildman–Crippen MR) is 102 cm³/mol. The molecule has 0 atom stereocenters. The first kappa shape index (κ1) is 17.4. The molecule has 5 heteroatoms. The van der Waals surface area contributed by atoms with Crippen molar-refractivity contribution in [3.63, 3.8) is 0 Å². The molecule has 130 valence electrons. The highest BCUT2D eigenvalue weighted by molar-refractivity contribution is 7.98. The number of carboxylic acids is 1. The lowest BCUT2D eigenvalue weighted by Gasteiger charge is -2.10.